The number of hydrogen-bond acceptors (Lipinski definition) is 8. The van der Waals surface area contributed by atoms with Crippen LogP contribution in [-0.4, -0.2) is 63.1 Å². The Kier molecular flexibility index (Phi) is 8.20. The van der Waals surface area contributed by atoms with Crippen LogP contribution in [0.1, 0.15) is 54.4 Å². The van der Waals surface area contributed by atoms with Gasteiger partial charge in [0.2, 0.25) is 0 Å². The van der Waals surface area contributed by atoms with Gasteiger partial charge >= 0.3 is 11.9 Å². The molecule has 2 fully saturated rings. The zero-order chi connectivity index (χ0) is 29.6. The van der Waals surface area contributed by atoms with Crippen LogP contribution in [0.4, 0.5) is 0 Å². The Bertz CT molecular complexity index is 1210. The topological polar surface area (TPSA) is 130 Å². The fourth-order valence-electron chi connectivity index (χ4n) is 7.79. The van der Waals surface area contributed by atoms with Crippen molar-refractivity contribution in [1.29, 1.82) is 0 Å². The maximum absolute atomic E-state index is 13.2. The smallest absolute Gasteiger partial charge is 0.331 e. The lowest BCUT2D eigenvalue weighted by atomic mass is 9.59. The Labute approximate surface area is 236 Å². The summed E-state index contributed by atoms with van der Waals surface area (Å²) in [5, 5.41) is 34.0. The van der Waals surface area contributed by atoms with Crippen LogP contribution in [-0.2, 0) is 23.9 Å². The number of rotatable bonds is 8. The third-order valence-electron chi connectivity index (χ3n) is 9.71. The summed E-state index contributed by atoms with van der Waals surface area (Å²) >= 11 is 0. The molecule has 0 aromatic rings. The van der Waals surface area contributed by atoms with Crippen LogP contribution in [0.5, 0.6) is 0 Å². The normalized spacial score (nSPS) is 39.8. The monoisotopic (exact) mass is 554 g/mol. The highest BCUT2D eigenvalue weighted by Gasteiger charge is 2.87. The number of fused-ring (bicyclic) bond motifs is 5. The number of carbonyl (C=O) groups is 3. The van der Waals surface area contributed by atoms with E-state index in [2.05, 4.69) is 6.92 Å². The number of aliphatic hydroxyl groups is 3. The van der Waals surface area contributed by atoms with Crippen molar-refractivity contribution in [3.63, 3.8) is 0 Å². The molecule has 0 amide bonds. The van der Waals surface area contributed by atoms with E-state index in [1.54, 1.807) is 38.2 Å². The number of Topliss-reactive ketones (excluding diaryl/α,β-unsaturated/α-hetero) is 1. The molecule has 0 radical (unpaired) electrons. The van der Waals surface area contributed by atoms with Crippen LogP contribution < -0.4 is 0 Å². The molecule has 0 bridgehead atoms. The van der Waals surface area contributed by atoms with Gasteiger partial charge in [-0.1, -0.05) is 76.6 Å². The molecular weight excluding hydrogens is 512 g/mol. The Morgan fingerprint density at radius 2 is 1.77 bits per heavy atom. The molecule has 8 heteroatoms. The van der Waals surface area contributed by atoms with Gasteiger partial charge in [0, 0.05) is 42.1 Å². The van der Waals surface area contributed by atoms with Crippen LogP contribution >= 0.6 is 0 Å². The van der Waals surface area contributed by atoms with Gasteiger partial charge in [-0.2, -0.15) is 0 Å². The van der Waals surface area contributed by atoms with E-state index in [-0.39, 0.29) is 11.4 Å². The molecule has 8 nitrogen and oxygen atoms in total. The first-order valence-electron chi connectivity index (χ1n) is 14.1. The number of ether oxygens (including phenoxy) is 2. The van der Waals surface area contributed by atoms with E-state index in [0.29, 0.717) is 5.57 Å². The van der Waals surface area contributed by atoms with E-state index in [4.69, 9.17) is 9.47 Å². The minimum Gasteiger partial charge on any atom is -0.455 e. The molecule has 218 valence electrons. The van der Waals surface area contributed by atoms with Gasteiger partial charge in [-0.15, -0.1) is 0 Å². The van der Waals surface area contributed by atoms with Crippen LogP contribution in [0.25, 0.3) is 0 Å². The lowest BCUT2D eigenvalue weighted by molar-refractivity contribution is -0.218. The summed E-state index contributed by atoms with van der Waals surface area (Å²) in [6.45, 7) is 10.1. The van der Waals surface area contributed by atoms with Gasteiger partial charge in [-0.3, -0.25) is 9.59 Å². The first-order valence-corrected chi connectivity index (χ1v) is 14.1. The molecule has 0 saturated heterocycles. The second kappa shape index (κ2) is 10.9. The molecule has 0 heterocycles. The Balaban J connectivity index is 1.77. The second-order valence-electron chi connectivity index (χ2n) is 12.2. The summed E-state index contributed by atoms with van der Waals surface area (Å²) in [4.78, 5) is 38.7. The predicted octanol–water partition coefficient (Wildman–Crippen LogP) is 3.38. The van der Waals surface area contributed by atoms with Gasteiger partial charge in [0.1, 0.15) is 6.10 Å². The lowest BCUT2D eigenvalue weighted by Gasteiger charge is -2.52. The molecule has 40 heavy (non-hydrogen) atoms. The van der Waals surface area contributed by atoms with Gasteiger partial charge < -0.3 is 24.8 Å². The average molecular weight is 555 g/mol. The molecule has 0 aromatic heterocycles. The van der Waals surface area contributed by atoms with E-state index >= 15 is 0 Å². The summed E-state index contributed by atoms with van der Waals surface area (Å²) < 4.78 is 12.0. The molecule has 3 N–H and O–H groups in total. The molecule has 9 atom stereocenters. The number of unbranched alkanes of at least 4 members (excludes halogenated alkanes) is 1. The molecule has 0 aliphatic heterocycles. The highest BCUT2D eigenvalue weighted by molar-refractivity contribution is 6.00. The number of hydrogen-bond donors (Lipinski definition) is 3. The van der Waals surface area contributed by atoms with Crippen molar-refractivity contribution in [2.45, 2.75) is 77.8 Å². The van der Waals surface area contributed by atoms with E-state index < -0.39 is 77.0 Å². The van der Waals surface area contributed by atoms with Crippen molar-refractivity contribution < 1.29 is 39.2 Å². The molecule has 4 aliphatic carbocycles. The van der Waals surface area contributed by atoms with Crippen LogP contribution in [0.3, 0.4) is 0 Å². The number of esters is 2. The van der Waals surface area contributed by atoms with Crippen molar-refractivity contribution in [2.75, 3.05) is 6.61 Å². The standard InChI is InChI=1S/C32H42O8/c1-7-8-9-10-11-12-13-14-24(35)39-29-19(3)31(38)22-15-18(2)26(36)25(22)27(37)21(17-33)16-23(31)28-30(5,6)32(28,29)40-20(4)34/h9-16,19,22-23,25,27-29,33,37-38H,7-8,17H2,1-6H3. The molecule has 0 aromatic carbocycles. The van der Waals surface area contributed by atoms with Crippen molar-refractivity contribution >= 4 is 17.7 Å². The van der Waals surface area contributed by atoms with Gasteiger partial charge in [-0.05, 0) is 24.5 Å². The van der Waals surface area contributed by atoms with E-state index in [1.807, 2.05) is 32.1 Å². The Hall–Kier alpha value is -2.81. The van der Waals surface area contributed by atoms with Crippen LogP contribution in [0.2, 0.25) is 0 Å². The highest BCUT2D eigenvalue weighted by atomic mass is 16.6. The first-order chi connectivity index (χ1) is 18.8. The SMILES string of the molecule is CCCC=CC=CC=CC(=O)OC1C(C)C2(O)C3C=C(C)C(=O)C3C(O)C(CO)=CC2C2C(C)(C)C12OC(C)=O. The van der Waals surface area contributed by atoms with E-state index in [9.17, 15) is 29.7 Å². The fraction of sp³-hybridized carbons (Fsp3) is 0.594. The molecule has 4 rings (SSSR count). The zero-order valence-corrected chi connectivity index (χ0v) is 24.2. The van der Waals surface area contributed by atoms with E-state index in [1.165, 1.54) is 13.0 Å². The first kappa shape index (κ1) is 30.2. The van der Waals surface area contributed by atoms with Crippen molar-refractivity contribution in [2.24, 2.45) is 35.0 Å². The summed E-state index contributed by atoms with van der Waals surface area (Å²) in [5.41, 5.74) is -2.95. The lowest BCUT2D eigenvalue weighted by Crippen LogP contribution is -2.64. The molecular formula is C32H42O8. The van der Waals surface area contributed by atoms with Crippen LogP contribution in [0, 0.1) is 35.0 Å². The number of allylic oxidation sites excluding steroid dienone is 6. The largest absolute Gasteiger partial charge is 0.455 e. The maximum atomic E-state index is 13.2. The third kappa shape index (κ3) is 4.45. The van der Waals surface area contributed by atoms with Gasteiger partial charge in [0.15, 0.2) is 11.4 Å². The summed E-state index contributed by atoms with van der Waals surface area (Å²) in [7, 11) is 0. The molecule has 0 spiro atoms. The number of aliphatic hydroxyl groups excluding tert-OH is 2. The Morgan fingerprint density at radius 1 is 1.10 bits per heavy atom. The summed E-state index contributed by atoms with van der Waals surface area (Å²) in [6, 6.07) is 0. The summed E-state index contributed by atoms with van der Waals surface area (Å²) in [5.74, 6) is -5.27. The third-order valence-corrected chi connectivity index (χ3v) is 9.71. The van der Waals surface area contributed by atoms with E-state index in [0.717, 1.165) is 12.8 Å². The van der Waals surface area contributed by atoms with Crippen molar-refractivity contribution in [3.8, 4) is 0 Å². The van der Waals surface area contributed by atoms with Gasteiger partial charge in [0.25, 0.3) is 0 Å². The molecule has 9 unspecified atom stereocenters. The second-order valence-corrected chi connectivity index (χ2v) is 12.2. The Morgan fingerprint density at radius 3 is 2.40 bits per heavy atom. The predicted molar refractivity (Wildman–Crippen MR) is 148 cm³/mol. The van der Waals surface area contributed by atoms with Crippen LogP contribution in [0.15, 0.2) is 59.8 Å². The minimum atomic E-state index is -1.64. The van der Waals surface area contributed by atoms with Crippen molar-refractivity contribution in [3.05, 3.63) is 59.8 Å². The zero-order valence-electron chi connectivity index (χ0n) is 24.2. The molecule has 4 aliphatic rings. The highest BCUT2D eigenvalue weighted by Crippen LogP contribution is 2.76. The quantitative estimate of drug-likeness (QED) is 0.180. The van der Waals surface area contributed by atoms with Crippen molar-refractivity contribution in [1.82, 2.24) is 0 Å². The number of carbonyl (C=O) groups excluding carboxylic acids is 3. The minimum absolute atomic E-state index is 0.247. The van der Waals surface area contributed by atoms with Gasteiger partial charge in [0.05, 0.1) is 24.2 Å². The fourth-order valence-corrected chi connectivity index (χ4v) is 7.79. The summed E-state index contributed by atoms with van der Waals surface area (Å²) in [6.07, 6.45) is 13.3. The average Bonchev–Trinajstić information content (AvgIpc) is 3.23. The number of ketones is 1. The van der Waals surface area contributed by atoms with Gasteiger partial charge in [-0.25, -0.2) is 4.79 Å². The maximum Gasteiger partial charge on any atom is 0.331 e. The molecule has 2 saturated carbocycles.